The first kappa shape index (κ1) is 28.2. The fourth-order valence-corrected chi connectivity index (χ4v) is 8.73. The van der Waals surface area contributed by atoms with Gasteiger partial charge in [0, 0.05) is 64.1 Å². The second kappa shape index (κ2) is 10.9. The molecule has 238 valence electrons. The maximum absolute atomic E-state index is 6.25. The van der Waals surface area contributed by atoms with Crippen molar-refractivity contribution in [2.45, 2.75) is 0 Å². The Balaban J connectivity index is 1.17. The Morgan fingerprint density at radius 1 is 0.451 bits per heavy atom. The Bertz CT molecular complexity index is 3150. The number of fused-ring (bicyclic) bond motifs is 10. The van der Waals surface area contributed by atoms with E-state index in [-0.39, 0.29) is 0 Å². The molecule has 11 rings (SSSR count). The molecule has 4 aromatic heterocycles. The average molecular weight is 671 g/mol. The molecule has 0 aliphatic rings. The van der Waals surface area contributed by atoms with Crippen molar-refractivity contribution in [2.24, 2.45) is 0 Å². The van der Waals surface area contributed by atoms with E-state index in [1.807, 2.05) is 72.0 Å². The first-order valence-corrected chi connectivity index (χ1v) is 17.8. The van der Waals surface area contributed by atoms with Gasteiger partial charge in [-0.2, -0.15) is 0 Å². The van der Waals surface area contributed by atoms with Crippen LogP contribution in [0, 0.1) is 0 Å². The number of thiophene rings is 1. The number of nitrogens with zero attached hydrogens (tertiary/aromatic N) is 4. The molecule has 0 radical (unpaired) electrons. The van der Waals surface area contributed by atoms with Gasteiger partial charge in [-0.05, 0) is 42.5 Å². The van der Waals surface area contributed by atoms with Crippen LogP contribution >= 0.6 is 11.3 Å². The van der Waals surface area contributed by atoms with Crippen LogP contribution in [-0.2, 0) is 0 Å². The van der Waals surface area contributed by atoms with Gasteiger partial charge in [-0.25, -0.2) is 15.0 Å². The fraction of sp³-hybridized carbons (Fsp3) is 0. The molecule has 0 N–H and O–H groups in total. The van der Waals surface area contributed by atoms with Gasteiger partial charge >= 0.3 is 0 Å². The minimum atomic E-state index is 0.602. The highest BCUT2D eigenvalue weighted by molar-refractivity contribution is 7.26. The summed E-state index contributed by atoms with van der Waals surface area (Å²) >= 11 is 1.84. The van der Waals surface area contributed by atoms with Crippen molar-refractivity contribution in [1.82, 2.24) is 19.5 Å². The van der Waals surface area contributed by atoms with Crippen LogP contribution in [0.25, 0.3) is 104 Å². The molecule has 0 fully saturated rings. The van der Waals surface area contributed by atoms with Crippen molar-refractivity contribution in [3.05, 3.63) is 158 Å². The van der Waals surface area contributed by atoms with Crippen LogP contribution in [0.3, 0.4) is 0 Å². The lowest BCUT2D eigenvalue weighted by atomic mass is 10.1. The SMILES string of the molecule is c1ccc(-c2nc(-c3cccc(-n4c5ccccc5c5ccc6sc7ccccc7c6c54)c3)nc(-c3cccc4oc5ccccc5c34)n2)cc1. The molecule has 4 heterocycles. The van der Waals surface area contributed by atoms with Gasteiger partial charge in [-0.1, -0.05) is 115 Å². The van der Waals surface area contributed by atoms with E-state index in [0.29, 0.717) is 17.5 Å². The van der Waals surface area contributed by atoms with Gasteiger partial charge in [0.1, 0.15) is 11.2 Å². The summed E-state index contributed by atoms with van der Waals surface area (Å²) in [5.74, 6) is 1.83. The molecule has 0 saturated heterocycles. The molecule has 0 amide bonds. The Labute approximate surface area is 295 Å². The molecule has 51 heavy (non-hydrogen) atoms. The molecule has 0 bridgehead atoms. The third-order valence-corrected chi connectivity index (χ3v) is 11.0. The van der Waals surface area contributed by atoms with Crippen LogP contribution in [0.2, 0.25) is 0 Å². The predicted octanol–water partition coefficient (Wildman–Crippen LogP) is 12.2. The predicted molar refractivity (Wildman–Crippen MR) is 211 cm³/mol. The highest BCUT2D eigenvalue weighted by atomic mass is 32.1. The molecule has 0 aliphatic carbocycles. The first-order valence-electron chi connectivity index (χ1n) is 16.9. The lowest BCUT2D eigenvalue weighted by Crippen LogP contribution is -2.01. The number of hydrogen-bond acceptors (Lipinski definition) is 5. The van der Waals surface area contributed by atoms with E-state index in [0.717, 1.165) is 49.8 Å². The summed E-state index contributed by atoms with van der Waals surface area (Å²) in [5.41, 5.74) is 7.80. The number of furan rings is 1. The molecule has 0 aliphatic heterocycles. The summed E-state index contributed by atoms with van der Waals surface area (Å²) in [4.78, 5) is 15.4. The van der Waals surface area contributed by atoms with Crippen molar-refractivity contribution in [2.75, 3.05) is 0 Å². The average Bonchev–Trinajstić information content (AvgIpc) is 3.87. The summed E-state index contributed by atoms with van der Waals surface area (Å²) in [6.07, 6.45) is 0. The Kier molecular flexibility index (Phi) is 6.05. The monoisotopic (exact) mass is 670 g/mol. The van der Waals surface area contributed by atoms with Crippen LogP contribution in [-0.4, -0.2) is 19.5 Å². The van der Waals surface area contributed by atoms with Gasteiger partial charge in [-0.15, -0.1) is 11.3 Å². The molecule has 7 aromatic carbocycles. The third kappa shape index (κ3) is 4.30. The van der Waals surface area contributed by atoms with Crippen molar-refractivity contribution < 1.29 is 4.42 Å². The minimum absolute atomic E-state index is 0.602. The zero-order valence-corrected chi connectivity index (χ0v) is 27.9. The standard InChI is InChI=1S/C45H26N4OS/c1-2-12-27(13-3-1)43-46-44(48-45(47-43)34-19-11-22-37-40(34)32-17-5-8-21-36(32)50-37)28-14-10-15-29(26-28)49-35-20-7-4-16-30(35)31-24-25-39-41(42(31)49)33-18-6-9-23-38(33)51-39/h1-26H. The normalized spacial score (nSPS) is 11.9. The van der Waals surface area contributed by atoms with Crippen LogP contribution in [0.4, 0.5) is 0 Å². The van der Waals surface area contributed by atoms with E-state index in [2.05, 4.69) is 102 Å². The number of rotatable bonds is 4. The van der Waals surface area contributed by atoms with Crippen molar-refractivity contribution >= 4 is 75.3 Å². The Morgan fingerprint density at radius 3 is 2.04 bits per heavy atom. The van der Waals surface area contributed by atoms with Crippen molar-refractivity contribution in [3.8, 4) is 39.9 Å². The van der Waals surface area contributed by atoms with Crippen molar-refractivity contribution in [1.29, 1.82) is 0 Å². The van der Waals surface area contributed by atoms with E-state index in [1.54, 1.807) is 0 Å². The minimum Gasteiger partial charge on any atom is -0.456 e. The zero-order valence-electron chi connectivity index (χ0n) is 27.1. The largest absolute Gasteiger partial charge is 0.456 e. The topological polar surface area (TPSA) is 56.7 Å². The van der Waals surface area contributed by atoms with E-state index in [4.69, 9.17) is 19.4 Å². The van der Waals surface area contributed by atoms with Gasteiger partial charge in [0.05, 0.1) is 11.0 Å². The van der Waals surface area contributed by atoms with Gasteiger partial charge < -0.3 is 8.98 Å². The van der Waals surface area contributed by atoms with E-state index in [9.17, 15) is 0 Å². The van der Waals surface area contributed by atoms with Crippen LogP contribution in [0.5, 0.6) is 0 Å². The smallest absolute Gasteiger partial charge is 0.164 e. The highest BCUT2D eigenvalue weighted by Gasteiger charge is 2.20. The van der Waals surface area contributed by atoms with Crippen molar-refractivity contribution in [3.63, 3.8) is 0 Å². The lowest BCUT2D eigenvalue weighted by Gasteiger charge is -2.12. The number of benzene rings is 7. The Morgan fingerprint density at radius 2 is 1.14 bits per heavy atom. The van der Waals surface area contributed by atoms with Crippen LogP contribution < -0.4 is 0 Å². The third-order valence-electron chi connectivity index (χ3n) is 9.85. The van der Waals surface area contributed by atoms with Gasteiger partial charge in [0.2, 0.25) is 0 Å². The molecule has 0 saturated carbocycles. The van der Waals surface area contributed by atoms with E-state index >= 15 is 0 Å². The second-order valence-electron chi connectivity index (χ2n) is 12.8. The fourth-order valence-electron chi connectivity index (χ4n) is 7.62. The van der Waals surface area contributed by atoms with Gasteiger partial charge in [-0.3, -0.25) is 0 Å². The number of para-hydroxylation sites is 2. The molecule has 0 unspecified atom stereocenters. The summed E-state index contributed by atoms with van der Waals surface area (Å²) < 4.78 is 11.2. The molecule has 5 nitrogen and oxygen atoms in total. The zero-order chi connectivity index (χ0) is 33.5. The molecule has 6 heteroatoms. The molecule has 0 spiro atoms. The Hall–Kier alpha value is -6.63. The van der Waals surface area contributed by atoms with Crippen LogP contribution in [0.1, 0.15) is 0 Å². The summed E-state index contributed by atoms with van der Waals surface area (Å²) in [6.45, 7) is 0. The van der Waals surface area contributed by atoms with E-state index < -0.39 is 0 Å². The highest BCUT2D eigenvalue weighted by Crippen LogP contribution is 2.43. The second-order valence-corrected chi connectivity index (χ2v) is 13.9. The van der Waals surface area contributed by atoms with Gasteiger partial charge in [0.15, 0.2) is 17.5 Å². The maximum Gasteiger partial charge on any atom is 0.164 e. The van der Waals surface area contributed by atoms with E-state index in [1.165, 1.54) is 36.5 Å². The maximum atomic E-state index is 6.25. The summed E-state index contributed by atoms with van der Waals surface area (Å²) in [7, 11) is 0. The van der Waals surface area contributed by atoms with Gasteiger partial charge in [0.25, 0.3) is 0 Å². The number of aromatic nitrogens is 4. The first-order chi connectivity index (χ1) is 25.3. The van der Waals surface area contributed by atoms with Crippen LogP contribution in [0.15, 0.2) is 162 Å². The molecule has 0 atom stereocenters. The number of hydrogen-bond donors (Lipinski definition) is 0. The molecule has 11 aromatic rings. The molecular weight excluding hydrogens is 645 g/mol. The quantitative estimate of drug-likeness (QED) is 0.187. The summed E-state index contributed by atoms with van der Waals surface area (Å²) in [6, 6.07) is 54.9. The summed E-state index contributed by atoms with van der Waals surface area (Å²) in [5, 5.41) is 7.05. The lowest BCUT2D eigenvalue weighted by molar-refractivity contribution is 0.669. The molecular formula is C45H26N4OS.